The maximum atomic E-state index is 12.1. The smallest absolute Gasteiger partial charge is 0.337 e. The summed E-state index contributed by atoms with van der Waals surface area (Å²) < 4.78 is 6.03. The highest BCUT2D eigenvalue weighted by atomic mass is 16.5. The van der Waals surface area contributed by atoms with E-state index in [4.69, 9.17) is 4.74 Å². The number of hydrogen-bond donors (Lipinski definition) is 1. The number of ether oxygens (including phenoxy) is 1. The minimum atomic E-state index is -0.903. The maximum absolute atomic E-state index is 12.1. The van der Waals surface area contributed by atoms with Gasteiger partial charge in [0.25, 0.3) is 0 Å². The molecule has 1 aromatic rings. The first kappa shape index (κ1) is 17.9. The van der Waals surface area contributed by atoms with Crippen molar-refractivity contribution in [3.8, 4) is 0 Å². The molecule has 0 amide bonds. The number of allylic oxidation sites excluding steroid dienone is 3. The zero-order valence-corrected chi connectivity index (χ0v) is 15.6. The fraction of sp³-hybridized carbons (Fsp3) is 0.500. The molecule has 25 heavy (non-hydrogen) atoms. The van der Waals surface area contributed by atoms with Crippen LogP contribution in [0.25, 0.3) is 5.57 Å². The van der Waals surface area contributed by atoms with E-state index in [1.54, 1.807) is 0 Å². The highest BCUT2D eigenvalue weighted by Gasteiger charge is 2.37. The van der Waals surface area contributed by atoms with E-state index in [1.165, 1.54) is 16.7 Å². The number of benzene rings is 1. The molecule has 0 fully saturated rings. The molecule has 0 bridgehead atoms. The Morgan fingerprint density at radius 3 is 2.60 bits per heavy atom. The Hall–Kier alpha value is -1.87. The summed E-state index contributed by atoms with van der Waals surface area (Å²) in [5.74, 6) is -0.748. The van der Waals surface area contributed by atoms with Gasteiger partial charge < -0.3 is 9.84 Å². The topological polar surface area (TPSA) is 46.5 Å². The van der Waals surface area contributed by atoms with E-state index < -0.39 is 17.7 Å². The van der Waals surface area contributed by atoms with Crippen LogP contribution in [0.15, 0.2) is 41.5 Å². The van der Waals surface area contributed by atoms with E-state index in [9.17, 15) is 9.90 Å². The van der Waals surface area contributed by atoms with E-state index in [0.717, 1.165) is 36.8 Å². The number of aliphatic carboxylic acids is 1. The van der Waals surface area contributed by atoms with E-state index in [1.807, 2.05) is 26.8 Å². The minimum Gasteiger partial charge on any atom is -0.479 e. The van der Waals surface area contributed by atoms with Crippen LogP contribution in [0.2, 0.25) is 0 Å². The molecule has 0 saturated heterocycles. The summed E-state index contributed by atoms with van der Waals surface area (Å²) in [6.45, 7) is 7.88. The lowest BCUT2D eigenvalue weighted by molar-refractivity contribution is -0.156. The van der Waals surface area contributed by atoms with Gasteiger partial charge in [-0.2, -0.15) is 0 Å². The number of rotatable bonds is 4. The minimum absolute atomic E-state index is 0.148. The predicted octanol–water partition coefficient (Wildman–Crippen LogP) is 5.01. The molecule has 2 aliphatic rings. The molecule has 3 nitrogen and oxygen atoms in total. The average molecular weight is 340 g/mol. The third-order valence-corrected chi connectivity index (χ3v) is 4.97. The van der Waals surface area contributed by atoms with Crippen LogP contribution in [0.5, 0.6) is 0 Å². The molecule has 0 aromatic heterocycles. The van der Waals surface area contributed by atoms with Gasteiger partial charge in [-0.1, -0.05) is 37.3 Å². The lowest BCUT2D eigenvalue weighted by Crippen LogP contribution is -2.38. The molecule has 2 aliphatic carbocycles. The van der Waals surface area contributed by atoms with E-state index >= 15 is 0 Å². The van der Waals surface area contributed by atoms with Crippen molar-refractivity contribution in [2.45, 2.75) is 65.1 Å². The molecule has 0 saturated carbocycles. The van der Waals surface area contributed by atoms with E-state index in [2.05, 4.69) is 31.2 Å². The number of hydrogen-bond acceptors (Lipinski definition) is 2. The van der Waals surface area contributed by atoms with Gasteiger partial charge in [-0.25, -0.2) is 4.79 Å². The summed E-state index contributed by atoms with van der Waals surface area (Å²) in [4.78, 5) is 12.1. The second-order valence-electron chi connectivity index (χ2n) is 8.16. The predicted molar refractivity (Wildman–Crippen MR) is 100 cm³/mol. The van der Waals surface area contributed by atoms with Gasteiger partial charge in [0.2, 0.25) is 0 Å². The van der Waals surface area contributed by atoms with E-state index in [0.29, 0.717) is 0 Å². The highest BCUT2D eigenvalue weighted by molar-refractivity contribution is 5.90. The second-order valence-corrected chi connectivity index (χ2v) is 8.16. The van der Waals surface area contributed by atoms with Crippen molar-refractivity contribution in [3.63, 3.8) is 0 Å². The lowest BCUT2D eigenvalue weighted by atomic mass is 9.74. The van der Waals surface area contributed by atoms with Crippen molar-refractivity contribution in [2.75, 3.05) is 0 Å². The lowest BCUT2D eigenvalue weighted by Gasteiger charge is -2.35. The van der Waals surface area contributed by atoms with Crippen LogP contribution < -0.4 is 0 Å². The fourth-order valence-corrected chi connectivity index (χ4v) is 4.03. The number of carbonyl (C=O) groups is 1. The third-order valence-electron chi connectivity index (χ3n) is 4.97. The maximum Gasteiger partial charge on any atom is 0.337 e. The first-order valence-electron chi connectivity index (χ1n) is 9.20. The largest absolute Gasteiger partial charge is 0.479 e. The summed E-state index contributed by atoms with van der Waals surface area (Å²) >= 11 is 0. The number of carboxylic acids is 1. The molecule has 0 heterocycles. The molecule has 3 rings (SSSR count). The zero-order chi connectivity index (χ0) is 18.2. The van der Waals surface area contributed by atoms with Crippen LogP contribution in [-0.4, -0.2) is 22.8 Å². The summed E-state index contributed by atoms with van der Waals surface area (Å²) in [6.07, 6.45) is 5.46. The summed E-state index contributed by atoms with van der Waals surface area (Å²) in [7, 11) is 0. The normalized spacial score (nSPS) is 21.8. The molecule has 3 heteroatoms. The Balaban J connectivity index is 2.21. The molecule has 134 valence electrons. The van der Waals surface area contributed by atoms with Crippen molar-refractivity contribution < 1.29 is 14.6 Å². The summed E-state index contributed by atoms with van der Waals surface area (Å²) in [5.41, 5.74) is 5.34. The first-order valence-corrected chi connectivity index (χ1v) is 9.20. The van der Waals surface area contributed by atoms with Gasteiger partial charge in [-0.3, -0.25) is 0 Å². The van der Waals surface area contributed by atoms with Crippen LogP contribution >= 0.6 is 0 Å². The van der Waals surface area contributed by atoms with Gasteiger partial charge in [0.05, 0.1) is 5.60 Å². The quantitative estimate of drug-likeness (QED) is 0.838. The Labute approximate surface area is 150 Å². The average Bonchev–Trinajstić information content (AvgIpc) is 3.04. The van der Waals surface area contributed by atoms with Gasteiger partial charge in [-0.15, -0.1) is 0 Å². The van der Waals surface area contributed by atoms with Crippen LogP contribution in [-0.2, 0) is 16.0 Å². The number of fused-ring (bicyclic) bond motifs is 1. The molecular weight excluding hydrogens is 312 g/mol. The molecule has 0 spiro atoms. The van der Waals surface area contributed by atoms with Gasteiger partial charge in [-0.05, 0) is 80.2 Å². The molecule has 1 unspecified atom stereocenters. The monoisotopic (exact) mass is 340 g/mol. The molecule has 2 atom stereocenters. The van der Waals surface area contributed by atoms with Crippen LogP contribution in [0.1, 0.15) is 58.1 Å². The molecule has 0 radical (unpaired) electrons. The van der Waals surface area contributed by atoms with Crippen LogP contribution in [0.4, 0.5) is 0 Å². The zero-order valence-electron chi connectivity index (χ0n) is 15.6. The standard InChI is InChI=1S/C22H28O3/c1-14-13-16-11-7-8-12-17(16)19(15-9-5-6-10-15)18(14)20(21(23)24)25-22(2,3)4/h7-9,11-12,14,20H,5-6,10,13H2,1-4H3,(H,23,24)/t14?,20-/m0/s1. The Kier molecular flexibility index (Phi) is 4.88. The van der Waals surface area contributed by atoms with Gasteiger partial charge >= 0.3 is 5.97 Å². The molecule has 0 aliphatic heterocycles. The Bertz CT molecular complexity index is 734. The van der Waals surface area contributed by atoms with Crippen molar-refractivity contribution in [1.82, 2.24) is 0 Å². The first-order chi connectivity index (χ1) is 11.8. The third kappa shape index (κ3) is 3.72. The summed E-state index contributed by atoms with van der Waals surface area (Å²) in [6, 6.07) is 8.41. The number of carboxylic acid groups (broad SMARTS) is 1. The van der Waals surface area contributed by atoms with Gasteiger partial charge in [0, 0.05) is 0 Å². The fourth-order valence-electron chi connectivity index (χ4n) is 4.03. The molecule has 1 aromatic carbocycles. The Morgan fingerprint density at radius 2 is 2.00 bits per heavy atom. The summed E-state index contributed by atoms with van der Waals surface area (Å²) in [5, 5.41) is 9.94. The van der Waals surface area contributed by atoms with Gasteiger partial charge in [0.1, 0.15) is 0 Å². The Morgan fingerprint density at radius 1 is 1.28 bits per heavy atom. The molecule has 1 N–H and O–H groups in total. The highest BCUT2D eigenvalue weighted by Crippen LogP contribution is 2.44. The van der Waals surface area contributed by atoms with Crippen LogP contribution in [0.3, 0.4) is 0 Å². The van der Waals surface area contributed by atoms with Gasteiger partial charge in [0.15, 0.2) is 6.10 Å². The second kappa shape index (κ2) is 6.80. The van der Waals surface area contributed by atoms with Crippen LogP contribution in [0, 0.1) is 5.92 Å². The molecular formula is C22H28O3. The van der Waals surface area contributed by atoms with Crippen molar-refractivity contribution >= 4 is 11.5 Å². The SMILES string of the molecule is CC1Cc2ccccc2C(C2=CCCC2)=C1[C@H](OC(C)(C)C)C(=O)O. The van der Waals surface area contributed by atoms with E-state index in [-0.39, 0.29) is 5.92 Å². The van der Waals surface area contributed by atoms with Crippen molar-refractivity contribution in [2.24, 2.45) is 5.92 Å². The van der Waals surface area contributed by atoms with Crippen molar-refractivity contribution in [1.29, 1.82) is 0 Å². The van der Waals surface area contributed by atoms with Crippen molar-refractivity contribution in [3.05, 3.63) is 52.6 Å².